The number of carboxylic acid groups (broad SMARTS) is 1. The lowest BCUT2D eigenvalue weighted by atomic mass is 9.76. The van der Waals surface area contributed by atoms with Crippen LogP contribution in [0.3, 0.4) is 0 Å². The molecule has 3 aliphatic rings. The van der Waals surface area contributed by atoms with E-state index in [0.29, 0.717) is 22.6 Å². The Bertz CT molecular complexity index is 1560. The predicted octanol–water partition coefficient (Wildman–Crippen LogP) is 2.41. The number of methoxy groups -OCH3 is 2. The van der Waals surface area contributed by atoms with Crippen LogP contribution in [0.2, 0.25) is 0 Å². The van der Waals surface area contributed by atoms with Crippen LogP contribution in [0.4, 0.5) is 0 Å². The van der Waals surface area contributed by atoms with E-state index in [-0.39, 0.29) is 0 Å². The quantitative estimate of drug-likeness (QED) is 0.179. The smallest absolute Gasteiger partial charge is 0.332 e. The van der Waals surface area contributed by atoms with Gasteiger partial charge in [-0.25, -0.2) is 9.59 Å². The van der Waals surface area contributed by atoms with Crippen LogP contribution in [0.5, 0.6) is 11.5 Å². The third-order valence-corrected chi connectivity index (χ3v) is 8.81. The van der Waals surface area contributed by atoms with Gasteiger partial charge in [0.2, 0.25) is 11.8 Å². The van der Waals surface area contributed by atoms with E-state index in [0.717, 1.165) is 10.5 Å². The van der Waals surface area contributed by atoms with Gasteiger partial charge in [0.1, 0.15) is 48.6 Å². The van der Waals surface area contributed by atoms with Gasteiger partial charge < -0.3 is 33.5 Å². The Morgan fingerprint density at radius 3 is 1.76 bits per heavy atom. The molecule has 1 N–H and O–H groups in total. The molecule has 2 amide bonds. The summed E-state index contributed by atoms with van der Waals surface area (Å²) < 4.78 is 35.2. The molecule has 0 aromatic heterocycles. The standard InChI is InChI=1S/C34H33NO11/c1-35-32(39)26-27(33(35)40)29-31(30(28(26)45-29)44-25(38)18-43-17-24(36)37)46-34(19-7-5-4-6-8-19,20-9-13-22(41-2)14-10-20)21-11-15-23(42-3)16-12-21/h4-16,26-31H,17-18H2,1-3H3,(H,36,37). The molecule has 6 rings (SSSR count). The number of ether oxygens (including phenoxy) is 6. The minimum atomic E-state index is -1.35. The normalized spacial score (nSPS) is 25.0. The molecular weight excluding hydrogens is 598 g/mol. The van der Waals surface area contributed by atoms with Crippen molar-refractivity contribution in [3.8, 4) is 11.5 Å². The van der Waals surface area contributed by atoms with E-state index in [4.69, 9.17) is 33.5 Å². The summed E-state index contributed by atoms with van der Waals surface area (Å²) in [4.78, 5) is 51.5. The van der Waals surface area contributed by atoms with Gasteiger partial charge in [-0.2, -0.15) is 0 Å². The fraction of sp³-hybridized carbons (Fsp3) is 0.353. The second kappa shape index (κ2) is 12.5. The Kier molecular flexibility index (Phi) is 8.51. The highest BCUT2D eigenvalue weighted by molar-refractivity contribution is 6.06. The van der Waals surface area contributed by atoms with Crippen molar-refractivity contribution in [2.45, 2.75) is 30.0 Å². The van der Waals surface area contributed by atoms with E-state index < -0.39 is 78.8 Å². The fourth-order valence-electron chi connectivity index (χ4n) is 6.75. The van der Waals surface area contributed by atoms with Gasteiger partial charge in [0, 0.05) is 7.05 Å². The molecule has 46 heavy (non-hydrogen) atoms. The van der Waals surface area contributed by atoms with Crippen molar-refractivity contribution in [1.82, 2.24) is 4.90 Å². The van der Waals surface area contributed by atoms with Crippen LogP contribution < -0.4 is 9.47 Å². The number of rotatable bonds is 12. The largest absolute Gasteiger partial charge is 0.497 e. The summed E-state index contributed by atoms with van der Waals surface area (Å²) in [6, 6.07) is 24.1. The maximum absolute atomic E-state index is 13.3. The molecule has 12 nitrogen and oxygen atoms in total. The highest BCUT2D eigenvalue weighted by atomic mass is 16.6. The van der Waals surface area contributed by atoms with Crippen LogP contribution >= 0.6 is 0 Å². The second-order valence-electron chi connectivity index (χ2n) is 11.3. The number of nitrogens with zero attached hydrogens (tertiary/aromatic N) is 1. The topological polar surface area (TPSA) is 147 Å². The number of imide groups is 1. The number of aliphatic carboxylic acids is 1. The van der Waals surface area contributed by atoms with Crippen molar-refractivity contribution >= 4 is 23.8 Å². The number of benzene rings is 3. The number of carboxylic acids is 1. The zero-order valence-electron chi connectivity index (χ0n) is 25.4. The van der Waals surface area contributed by atoms with Crippen molar-refractivity contribution in [2.75, 3.05) is 34.5 Å². The third kappa shape index (κ3) is 5.27. The van der Waals surface area contributed by atoms with Crippen LogP contribution in [-0.2, 0) is 43.7 Å². The summed E-state index contributed by atoms with van der Waals surface area (Å²) in [6.07, 6.45) is -4.09. The van der Waals surface area contributed by atoms with Crippen LogP contribution in [-0.4, -0.2) is 92.7 Å². The molecule has 3 aromatic rings. The van der Waals surface area contributed by atoms with Gasteiger partial charge in [-0.15, -0.1) is 0 Å². The Morgan fingerprint density at radius 2 is 1.26 bits per heavy atom. The molecule has 6 atom stereocenters. The lowest BCUT2D eigenvalue weighted by Gasteiger charge is -2.42. The summed E-state index contributed by atoms with van der Waals surface area (Å²) >= 11 is 0. The summed E-state index contributed by atoms with van der Waals surface area (Å²) in [5.74, 6) is -3.40. The molecular formula is C34H33NO11. The molecule has 3 heterocycles. The maximum Gasteiger partial charge on any atom is 0.332 e. The Labute approximate surface area is 264 Å². The van der Waals surface area contributed by atoms with Crippen molar-refractivity contribution in [3.63, 3.8) is 0 Å². The number of fused-ring (bicyclic) bond motifs is 5. The molecule has 6 unspecified atom stereocenters. The van der Waals surface area contributed by atoms with Crippen molar-refractivity contribution in [2.24, 2.45) is 11.8 Å². The zero-order chi connectivity index (χ0) is 32.6. The van der Waals surface area contributed by atoms with E-state index in [1.54, 1.807) is 38.5 Å². The molecule has 0 aliphatic carbocycles. The molecule has 3 fully saturated rings. The average Bonchev–Trinajstić information content (AvgIpc) is 3.69. The van der Waals surface area contributed by atoms with Gasteiger partial charge in [0.15, 0.2) is 6.10 Å². The predicted molar refractivity (Wildman–Crippen MR) is 159 cm³/mol. The van der Waals surface area contributed by atoms with Crippen LogP contribution in [0.15, 0.2) is 78.9 Å². The molecule has 0 saturated carbocycles. The van der Waals surface area contributed by atoms with Crippen molar-refractivity contribution in [3.05, 3.63) is 95.6 Å². The Hall–Kier alpha value is -4.78. The zero-order valence-corrected chi connectivity index (χ0v) is 25.4. The summed E-state index contributed by atoms with van der Waals surface area (Å²) in [5, 5.41) is 8.93. The van der Waals surface area contributed by atoms with Crippen molar-refractivity contribution < 1.29 is 52.7 Å². The minimum absolute atomic E-state index is 0.398. The van der Waals surface area contributed by atoms with E-state index in [1.165, 1.54) is 7.05 Å². The highest BCUT2D eigenvalue weighted by Gasteiger charge is 2.71. The first-order valence-corrected chi connectivity index (χ1v) is 14.7. The molecule has 12 heteroatoms. The van der Waals surface area contributed by atoms with E-state index in [1.807, 2.05) is 54.6 Å². The number of esters is 1. The average molecular weight is 632 g/mol. The number of amides is 2. The number of hydrogen-bond acceptors (Lipinski definition) is 10. The van der Waals surface area contributed by atoms with Gasteiger partial charge in [0.25, 0.3) is 0 Å². The monoisotopic (exact) mass is 631 g/mol. The van der Waals surface area contributed by atoms with Crippen LogP contribution in [0.1, 0.15) is 16.7 Å². The fourth-order valence-corrected chi connectivity index (χ4v) is 6.75. The second-order valence-corrected chi connectivity index (χ2v) is 11.3. The summed E-state index contributed by atoms with van der Waals surface area (Å²) in [7, 11) is 4.55. The molecule has 0 radical (unpaired) electrons. The van der Waals surface area contributed by atoms with Gasteiger partial charge in [-0.05, 0) is 41.0 Å². The summed E-state index contributed by atoms with van der Waals surface area (Å²) in [5.41, 5.74) is 0.774. The number of hydrogen-bond donors (Lipinski definition) is 1. The molecule has 240 valence electrons. The van der Waals surface area contributed by atoms with Crippen LogP contribution in [0, 0.1) is 11.8 Å². The third-order valence-electron chi connectivity index (χ3n) is 8.81. The Morgan fingerprint density at radius 1 is 0.761 bits per heavy atom. The molecule has 2 bridgehead atoms. The van der Waals surface area contributed by atoms with Crippen molar-refractivity contribution in [1.29, 1.82) is 0 Å². The van der Waals surface area contributed by atoms with E-state index in [2.05, 4.69) is 0 Å². The lowest BCUT2D eigenvalue weighted by Crippen LogP contribution is -2.54. The number of carbonyl (C=O) groups excluding carboxylic acids is 3. The number of likely N-dealkylation sites (tertiary alicyclic amines) is 1. The first-order chi connectivity index (χ1) is 22.2. The van der Waals surface area contributed by atoms with Gasteiger partial charge in [-0.1, -0.05) is 54.6 Å². The molecule has 3 aliphatic heterocycles. The van der Waals surface area contributed by atoms with Gasteiger partial charge in [0.05, 0.1) is 26.1 Å². The van der Waals surface area contributed by atoms with Crippen LogP contribution in [0.25, 0.3) is 0 Å². The first kappa shape index (κ1) is 31.2. The number of carbonyl (C=O) groups is 4. The van der Waals surface area contributed by atoms with E-state index >= 15 is 0 Å². The Balaban J connectivity index is 1.48. The molecule has 3 aromatic carbocycles. The van der Waals surface area contributed by atoms with Gasteiger partial charge in [-0.3, -0.25) is 14.5 Å². The molecule has 0 spiro atoms. The minimum Gasteiger partial charge on any atom is -0.497 e. The van der Waals surface area contributed by atoms with Gasteiger partial charge >= 0.3 is 11.9 Å². The molecule has 3 saturated heterocycles. The lowest BCUT2D eigenvalue weighted by molar-refractivity contribution is -0.175. The summed E-state index contributed by atoms with van der Waals surface area (Å²) in [6.45, 7) is -1.34. The first-order valence-electron chi connectivity index (χ1n) is 14.7. The maximum atomic E-state index is 13.3. The van der Waals surface area contributed by atoms with E-state index in [9.17, 15) is 19.2 Å². The SMILES string of the molecule is COc1ccc(C(OC2C(OC(=O)COCC(=O)O)C3OC2C2C(=O)N(C)C(=O)C32)(c2ccccc2)c2ccc(OC)cc2)cc1. The highest BCUT2D eigenvalue weighted by Crippen LogP contribution is 2.53.